The Morgan fingerprint density at radius 1 is 1.12 bits per heavy atom. The van der Waals surface area contributed by atoms with Gasteiger partial charge in [0.15, 0.2) is 0 Å². The predicted molar refractivity (Wildman–Crippen MR) is 103 cm³/mol. The van der Waals surface area contributed by atoms with E-state index in [9.17, 15) is 0 Å². The quantitative estimate of drug-likeness (QED) is 0.868. The second-order valence-corrected chi connectivity index (χ2v) is 8.51. The Bertz CT molecular complexity index is 781. The molecule has 2 aliphatic heterocycles. The molecule has 0 spiro atoms. The molecule has 4 heterocycles. The van der Waals surface area contributed by atoms with E-state index in [0.717, 1.165) is 75.3 Å². The van der Waals surface area contributed by atoms with Crippen molar-refractivity contribution in [2.45, 2.75) is 44.8 Å². The van der Waals surface area contributed by atoms with Crippen molar-refractivity contribution in [3.8, 4) is 0 Å². The van der Waals surface area contributed by atoms with E-state index in [1.54, 1.807) is 0 Å². The molecule has 5 rings (SSSR count). The van der Waals surface area contributed by atoms with Crippen LogP contribution in [-0.4, -0.2) is 60.4 Å². The number of nitrogens with zero attached hydrogens (tertiary/aromatic N) is 3. The summed E-state index contributed by atoms with van der Waals surface area (Å²) in [5.74, 6) is 1.95. The van der Waals surface area contributed by atoms with Crippen LogP contribution >= 0.6 is 11.3 Å². The number of aryl methyl sites for hydroxylation is 2. The van der Waals surface area contributed by atoms with E-state index in [0.29, 0.717) is 6.10 Å². The second-order valence-electron chi connectivity index (χ2n) is 7.43. The van der Waals surface area contributed by atoms with Gasteiger partial charge in [0.1, 0.15) is 16.5 Å². The van der Waals surface area contributed by atoms with Gasteiger partial charge >= 0.3 is 0 Å². The third kappa shape index (κ3) is 3.33. The lowest BCUT2D eigenvalue weighted by molar-refractivity contribution is 0.0331. The number of hydrogen-bond acceptors (Lipinski definition) is 7. The van der Waals surface area contributed by atoms with E-state index >= 15 is 0 Å². The van der Waals surface area contributed by atoms with Crippen molar-refractivity contribution >= 4 is 27.4 Å². The van der Waals surface area contributed by atoms with Crippen LogP contribution in [0.4, 0.5) is 5.82 Å². The Hall–Kier alpha value is -1.28. The molecule has 0 radical (unpaired) electrons. The molecule has 26 heavy (non-hydrogen) atoms. The molecule has 2 aromatic heterocycles. The molecule has 3 aliphatic rings. The topological polar surface area (TPSA) is 59.5 Å². The summed E-state index contributed by atoms with van der Waals surface area (Å²) in [6.07, 6.45) is 6.24. The minimum atomic E-state index is 0.314. The average molecular weight is 375 g/mol. The number of fused-ring (bicyclic) bond motifs is 3. The van der Waals surface area contributed by atoms with Gasteiger partial charge in [-0.3, -0.25) is 4.90 Å². The molecule has 0 aromatic carbocycles. The van der Waals surface area contributed by atoms with Crippen LogP contribution < -0.4 is 5.32 Å². The summed E-state index contributed by atoms with van der Waals surface area (Å²) >= 11 is 1.87. The number of aromatic nitrogens is 2. The Morgan fingerprint density at radius 2 is 2.04 bits per heavy atom. The maximum atomic E-state index is 5.79. The molecule has 2 aromatic rings. The van der Waals surface area contributed by atoms with Gasteiger partial charge in [-0.15, -0.1) is 11.3 Å². The summed E-state index contributed by atoms with van der Waals surface area (Å²) < 4.78 is 11.2. The number of anilines is 1. The summed E-state index contributed by atoms with van der Waals surface area (Å²) in [5, 5.41) is 4.88. The van der Waals surface area contributed by atoms with Gasteiger partial charge < -0.3 is 14.8 Å². The van der Waals surface area contributed by atoms with Crippen molar-refractivity contribution in [1.29, 1.82) is 0 Å². The molecule has 0 bridgehead atoms. The van der Waals surface area contributed by atoms with Crippen LogP contribution in [0.5, 0.6) is 0 Å². The largest absolute Gasteiger partial charge is 0.379 e. The number of hydrogen-bond donors (Lipinski definition) is 1. The van der Waals surface area contributed by atoms with Crippen LogP contribution in [0, 0.1) is 0 Å². The molecule has 0 unspecified atom stereocenters. The van der Waals surface area contributed by atoms with E-state index in [2.05, 4.69) is 10.2 Å². The van der Waals surface area contributed by atoms with E-state index in [1.807, 2.05) is 11.3 Å². The lowest BCUT2D eigenvalue weighted by Gasteiger charge is -2.26. The first kappa shape index (κ1) is 16.9. The van der Waals surface area contributed by atoms with Gasteiger partial charge in [-0.25, -0.2) is 9.97 Å². The summed E-state index contributed by atoms with van der Waals surface area (Å²) in [4.78, 5) is 14.9. The first-order valence-electron chi connectivity index (χ1n) is 9.83. The highest BCUT2D eigenvalue weighted by Crippen LogP contribution is 2.39. The Kier molecular flexibility index (Phi) is 4.79. The van der Waals surface area contributed by atoms with Gasteiger partial charge in [-0.05, 0) is 37.7 Å². The van der Waals surface area contributed by atoms with Crippen LogP contribution in [-0.2, 0) is 28.9 Å². The van der Waals surface area contributed by atoms with Gasteiger partial charge in [0.05, 0.1) is 31.2 Å². The van der Waals surface area contributed by atoms with Crippen molar-refractivity contribution in [1.82, 2.24) is 14.9 Å². The number of ether oxygens (including phenoxy) is 2. The minimum absolute atomic E-state index is 0.314. The molecule has 2 fully saturated rings. The standard InChI is InChI=1S/C19H26N4O2S/c1-4-14-15(5-1)26-19-17(14)18(20-11-13-3-2-8-25-13)21-16(22-19)12-23-6-9-24-10-7-23/h13H,1-12H2,(H,20,21,22)/t13-/m1/s1. The Balaban J connectivity index is 1.44. The van der Waals surface area contributed by atoms with Gasteiger partial charge in [-0.2, -0.15) is 0 Å². The van der Waals surface area contributed by atoms with E-state index in [-0.39, 0.29) is 0 Å². The summed E-state index contributed by atoms with van der Waals surface area (Å²) in [6.45, 7) is 6.06. The smallest absolute Gasteiger partial charge is 0.146 e. The highest BCUT2D eigenvalue weighted by atomic mass is 32.1. The zero-order valence-electron chi connectivity index (χ0n) is 15.1. The van der Waals surface area contributed by atoms with E-state index in [1.165, 1.54) is 35.1 Å². The Morgan fingerprint density at radius 3 is 2.88 bits per heavy atom. The molecule has 140 valence electrons. The molecule has 1 aliphatic carbocycles. The SMILES string of the molecule is C1Cc2sc3nc(CN4CCOCC4)nc(NC[C@H]4CCCO4)c3c2C1. The highest BCUT2D eigenvalue weighted by Gasteiger charge is 2.24. The van der Waals surface area contributed by atoms with Crippen molar-refractivity contribution in [3.63, 3.8) is 0 Å². The first-order valence-corrected chi connectivity index (χ1v) is 10.7. The van der Waals surface area contributed by atoms with Crippen LogP contribution in [0.3, 0.4) is 0 Å². The number of nitrogens with one attached hydrogen (secondary N) is 1. The lowest BCUT2D eigenvalue weighted by Crippen LogP contribution is -2.36. The van der Waals surface area contributed by atoms with Crippen LogP contribution in [0.15, 0.2) is 0 Å². The predicted octanol–water partition coefficient (Wildman–Crippen LogP) is 2.60. The second kappa shape index (κ2) is 7.38. The van der Waals surface area contributed by atoms with Gasteiger partial charge in [0.2, 0.25) is 0 Å². The number of morpholine rings is 1. The van der Waals surface area contributed by atoms with Crippen LogP contribution in [0.2, 0.25) is 0 Å². The fraction of sp³-hybridized carbons (Fsp3) is 0.684. The molecular formula is C19H26N4O2S. The fourth-order valence-corrected chi connectivity index (χ4v) is 5.49. The lowest BCUT2D eigenvalue weighted by atomic mass is 10.2. The zero-order valence-corrected chi connectivity index (χ0v) is 15.9. The van der Waals surface area contributed by atoms with Gasteiger partial charge in [-0.1, -0.05) is 0 Å². The molecule has 0 saturated carbocycles. The number of rotatable bonds is 5. The molecule has 1 N–H and O–H groups in total. The molecule has 1 atom stereocenters. The summed E-state index contributed by atoms with van der Waals surface area (Å²) in [6, 6.07) is 0. The molecule has 6 nitrogen and oxygen atoms in total. The third-order valence-electron chi connectivity index (χ3n) is 5.60. The normalized spacial score (nSPS) is 23.6. The van der Waals surface area contributed by atoms with Crippen molar-refractivity contribution in [3.05, 3.63) is 16.3 Å². The minimum Gasteiger partial charge on any atom is -0.379 e. The van der Waals surface area contributed by atoms with Crippen molar-refractivity contribution in [2.75, 3.05) is 44.8 Å². The van der Waals surface area contributed by atoms with Gasteiger partial charge in [0.25, 0.3) is 0 Å². The van der Waals surface area contributed by atoms with Crippen molar-refractivity contribution in [2.24, 2.45) is 0 Å². The Labute approximate surface area is 157 Å². The molecule has 2 saturated heterocycles. The van der Waals surface area contributed by atoms with Crippen LogP contribution in [0.25, 0.3) is 10.2 Å². The van der Waals surface area contributed by atoms with E-state index < -0.39 is 0 Å². The van der Waals surface area contributed by atoms with Crippen LogP contribution in [0.1, 0.15) is 35.5 Å². The maximum absolute atomic E-state index is 5.79. The third-order valence-corrected chi connectivity index (χ3v) is 6.79. The van der Waals surface area contributed by atoms with Crippen molar-refractivity contribution < 1.29 is 9.47 Å². The summed E-state index contributed by atoms with van der Waals surface area (Å²) in [5.41, 5.74) is 1.48. The first-order chi connectivity index (χ1) is 12.9. The van der Waals surface area contributed by atoms with E-state index in [4.69, 9.17) is 19.4 Å². The fourth-order valence-electron chi connectivity index (χ4n) is 4.21. The monoisotopic (exact) mass is 374 g/mol. The maximum Gasteiger partial charge on any atom is 0.146 e. The number of thiophene rings is 1. The zero-order chi connectivity index (χ0) is 17.3. The molecular weight excluding hydrogens is 348 g/mol. The average Bonchev–Trinajstić information content (AvgIpc) is 3.37. The summed E-state index contributed by atoms with van der Waals surface area (Å²) in [7, 11) is 0. The van der Waals surface area contributed by atoms with Gasteiger partial charge in [0, 0.05) is 31.1 Å². The highest BCUT2D eigenvalue weighted by molar-refractivity contribution is 7.19. The molecule has 7 heteroatoms. The molecule has 0 amide bonds.